The fourth-order valence-corrected chi connectivity index (χ4v) is 1.28. The zero-order valence-electron chi connectivity index (χ0n) is 9.75. The zero-order valence-corrected chi connectivity index (χ0v) is 9.75. The van der Waals surface area contributed by atoms with Crippen molar-refractivity contribution in [1.29, 1.82) is 0 Å². The van der Waals surface area contributed by atoms with Crippen LogP contribution in [0, 0.1) is 5.92 Å². The van der Waals surface area contributed by atoms with Gasteiger partial charge in [-0.25, -0.2) is 4.39 Å². The first-order valence-electron chi connectivity index (χ1n) is 4.70. The van der Waals surface area contributed by atoms with Gasteiger partial charge in [-0.05, 0) is 0 Å². The van der Waals surface area contributed by atoms with E-state index in [9.17, 15) is 65.9 Å². The summed E-state index contributed by atoms with van der Waals surface area (Å²) >= 11 is 0. The van der Waals surface area contributed by atoms with Crippen molar-refractivity contribution in [3.8, 4) is 0 Å². The third kappa shape index (κ3) is 4.59. The van der Waals surface area contributed by atoms with Gasteiger partial charge in [0.2, 0.25) is 5.83 Å². The maximum absolute atomic E-state index is 12.7. The van der Waals surface area contributed by atoms with Gasteiger partial charge < -0.3 is 0 Å². The Morgan fingerprint density at radius 1 is 0.565 bits per heavy atom. The predicted molar refractivity (Wildman–Crippen MR) is 40.8 cm³/mol. The van der Waals surface area contributed by atoms with Crippen molar-refractivity contribution in [1.82, 2.24) is 0 Å². The second-order valence-corrected chi connectivity index (χ2v) is 3.82. The monoisotopic (exact) mass is 382 g/mol. The van der Waals surface area contributed by atoms with E-state index in [0.29, 0.717) is 0 Å². The second kappa shape index (κ2) is 5.65. The van der Waals surface area contributed by atoms with Gasteiger partial charge in [0.15, 0.2) is 5.92 Å². The van der Waals surface area contributed by atoms with Crippen LogP contribution in [0.25, 0.3) is 0 Å². The Morgan fingerprint density at radius 3 is 1.09 bits per heavy atom. The standard InChI is InChI=1S/C8HF15/c9-3(7(18,19)20)1(5(12,13)14)2(6(15,16)17)4(10,11)8(21,22)23/h2H. The highest BCUT2D eigenvalue weighted by Crippen LogP contribution is 2.55. The van der Waals surface area contributed by atoms with Gasteiger partial charge in [0.05, 0.1) is 5.57 Å². The Morgan fingerprint density at radius 2 is 0.913 bits per heavy atom. The van der Waals surface area contributed by atoms with Crippen LogP contribution in [-0.4, -0.2) is 30.6 Å². The zero-order chi connectivity index (χ0) is 19.2. The summed E-state index contributed by atoms with van der Waals surface area (Å²) in [5, 5.41) is 0. The first-order valence-corrected chi connectivity index (χ1v) is 4.70. The van der Waals surface area contributed by atoms with Crippen molar-refractivity contribution in [2.75, 3.05) is 0 Å². The Bertz CT molecular complexity index is 452. The Kier molecular flexibility index (Phi) is 5.33. The summed E-state index contributed by atoms with van der Waals surface area (Å²) in [5.41, 5.74) is -4.72. The van der Waals surface area contributed by atoms with Crippen LogP contribution in [0.1, 0.15) is 0 Å². The number of alkyl halides is 14. The van der Waals surface area contributed by atoms with Crippen LogP contribution in [-0.2, 0) is 0 Å². The molecule has 0 aliphatic rings. The molecule has 0 bridgehead atoms. The lowest BCUT2D eigenvalue weighted by Gasteiger charge is -2.32. The molecule has 0 radical (unpaired) electrons. The smallest absolute Gasteiger partial charge is 0.201 e. The van der Waals surface area contributed by atoms with E-state index in [-0.39, 0.29) is 0 Å². The molecule has 0 fully saturated rings. The molecule has 0 heterocycles. The lowest BCUT2D eigenvalue weighted by molar-refractivity contribution is -0.343. The molecule has 0 N–H and O–H groups in total. The largest absolute Gasteiger partial charge is 0.454 e. The summed E-state index contributed by atoms with van der Waals surface area (Å²) < 4.78 is 182. The van der Waals surface area contributed by atoms with Gasteiger partial charge >= 0.3 is 30.6 Å². The van der Waals surface area contributed by atoms with Crippen molar-refractivity contribution in [2.45, 2.75) is 30.6 Å². The molecular weight excluding hydrogens is 381 g/mol. The van der Waals surface area contributed by atoms with E-state index in [1.54, 1.807) is 0 Å². The van der Waals surface area contributed by atoms with E-state index in [2.05, 4.69) is 0 Å². The molecule has 0 aliphatic heterocycles. The number of halogens is 15. The van der Waals surface area contributed by atoms with Crippen LogP contribution < -0.4 is 0 Å². The van der Waals surface area contributed by atoms with Crippen LogP contribution in [0.3, 0.4) is 0 Å². The molecule has 0 aliphatic carbocycles. The summed E-state index contributed by atoms with van der Waals surface area (Å²) in [5.74, 6) is -18.3. The van der Waals surface area contributed by atoms with E-state index >= 15 is 0 Å². The topological polar surface area (TPSA) is 0 Å². The molecule has 0 saturated heterocycles. The highest BCUT2D eigenvalue weighted by molar-refractivity contribution is 5.25. The Balaban J connectivity index is 6.82. The van der Waals surface area contributed by atoms with Gasteiger partial charge in [-0.3, -0.25) is 0 Å². The van der Waals surface area contributed by atoms with Crippen molar-refractivity contribution in [2.24, 2.45) is 5.92 Å². The molecule has 1 unspecified atom stereocenters. The van der Waals surface area contributed by atoms with Gasteiger partial charge in [-0.15, -0.1) is 0 Å². The fraction of sp³-hybridized carbons (Fsp3) is 0.750. The molecule has 0 saturated carbocycles. The van der Waals surface area contributed by atoms with Crippen molar-refractivity contribution >= 4 is 0 Å². The summed E-state index contributed by atoms with van der Waals surface area (Å²) in [7, 11) is 0. The molecular formula is C8HF15. The van der Waals surface area contributed by atoms with Crippen LogP contribution in [0.15, 0.2) is 11.4 Å². The molecule has 0 amide bonds. The van der Waals surface area contributed by atoms with E-state index < -0.39 is 47.9 Å². The number of hydrogen-bond acceptors (Lipinski definition) is 0. The maximum Gasteiger partial charge on any atom is 0.454 e. The van der Waals surface area contributed by atoms with E-state index in [1.165, 1.54) is 0 Å². The minimum Gasteiger partial charge on any atom is -0.201 e. The number of hydrogen-bond donors (Lipinski definition) is 0. The first-order chi connectivity index (χ1) is 9.65. The molecule has 0 rings (SSSR count). The minimum atomic E-state index is -7.38. The first kappa shape index (κ1) is 21.7. The van der Waals surface area contributed by atoms with Gasteiger partial charge in [0.25, 0.3) is 0 Å². The molecule has 0 aromatic heterocycles. The second-order valence-electron chi connectivity index (χ2n) is 3.82. The van der Waals surface area contributed by atoms with E-state index in [4.69, 9.17) is 0 Å². The summed E-state index contributed by atoms with van der Waals surface area (Å²) in [6.45, 7) is 0. The molecule has 0 aromatic rings. The van der Waals surface area contributed by atoms with Crippen LogP contribution >= 0.6 is 0 Å². The molecule has 15 heteroatoms. The minimum absolute atomic E-state index is 4.72. The molecule has 138 valence electrons. The fourth-order valence-electron chi connectivity index (χ4n) is 1.28. The maximum atomic E-state index is 12.7. The van der Waals surface area contributed by atoms with Gasteiger partial charge in [-0.1, -0.05) is 0 Å². The number of rotatable bonds is 2. The van der Waals surface area contributed by atoms with Crippen molar-refractivity contribution in [3.63, 3.8) is 0 Å². The summed E-state index contributed by atoms with van der Waals surface area (Å²) in [6, 6.07) is 0. The van der Waals surface area contributed by atoms with Gasteiger partial charge in [0, 0.05) is 0 Å². The van der Waals surface area contributed by atoms with Crippen LogP contribution in [0.5, 0.6) is 0 Å². The van der Waals surface area contributed by atoms with Gasteiger partial charge in [0.1, 0.15) is 0 Å². The van der Waals surface area contributed by atoms with Crippen LogP contribution in [0.2, 0.25) is 0 Å². The molecule has 0 aromatic carbocycles. The van der Waals surface area contributed by atoms with Crippen molar-refractivity contribution < 1.29 is 65.9 Å². The van der Waals surface area contributed by atoms with Crippen LogP contribution in [0.4, 0.5) is 65.9 Å². The normalized spacial score (nSPS) is 17.9. The third-order valence-corrected chi connectivity index (χ3v) is 2.15. The highest BCUT2D eigenvalue weighted by Gasteiger charge is 2.74. The lowest BCUT2D eigenvalue weighted by Crippen LogP contribution is -2.53. The molecule has 0 nitrogen and oxygen atoms in total. The Labute approximate surface area is 115 Å². The van der Waals surface area contributed by atoms with Crippen molar-refractivity contribution in [3.05, 3.63) is 11.4 Å². The van der Waals surface area contributed by atoms with Gasteiger partial charge in [-0.2, -0.15) is 61.5 Å². The summed E-state index contributed by atoms with van der Waals surface area (Å²) in [6.07, 6.45) is -28.5. The third-order valence-electron chi connectivity index (χ3n) is 2.15. The average molecular weight is 382 g/mol. The predicted octanol–water partition coefficient (Wildman–Crippen LogP) is 5.71. The lowest BCUT2D eigenvalue weighted by atomic mass is 9.89. The molecule has 0 spiro atoms. The van der Waals surface area contributed by atoms with E-state index in [0.717, 1.165) is 0 Å². The molecule has 23 heavy (non-hydrogen) atoms. The molecule has 1 atom stereocenters. The average Bonchev–Trinajstić information content (AvgIpc) is 2.17. The quantitative estimate of drug-likeness (QED) is 0.537. The number of allylic oxidation sites excluding steroid dienone is 2. The summed E-state index contributed by atoms with van der Waals surface area (Å²) in [4.78, 5) is 0. The van der Waals surface area contributed by atoms with E-state index in [1.807, 2.05) is 0 Å². The highest BCUT2D eigenvalue weighted by atomic mass is 19.4. The SMILES string of the molecule is FC(=C(C(C(F)(F)F)C(F)(F)C(F)(F)F)C(F)(F)F)C(F)(F)F. The Hall–Kier alpha value is -1.31.